The van der Waals surface area contributed by atoms with Crippen molar-refractivity contribution in [3.63, 3.8) is 0 Å². The summed E-state index contributed by atoms with van der Waals surface area (Å²) in [6, 6.07) is 11.0. The van der Waals surface area contributed by atoms with E-state index in [0.717, 1.165) is 17.7 Å². The molecule has 1 N–H and O–H groups in total. The van der Waals surface area contributed by atoms with Gasteiger partial charge < -0.3 is 14.6 Å². The number of hydrogen-bond donors (Lipinski definition) is 1. The first kappa shape index (κ1) is 16.0. The van der Waals surface area contributed by atoms with Crippen LogP contribution in [0.4, 0.5) is 0 Å². The largest absolute Gasteiger partial charge is 0.497 e. The lowest BCUT2D eigenvalue weighted by Gasteiger charge is -2.12. The molecule has 5 heteroatoms. The minimum absolute atomic E-state index is 0.169. The van der Waals surface area contributed by atoms with Crippen LogP contribution < -0.4 is 9.47 Å². The molecule has 0 radical (unpaired) electrons. The Labute approximate surface area is 134 Å². The lowest BCUT2D eigenvalue weighted by Crippen LogP contribution is -2.04. The maximum absolute atomic E-state index is 9.33. The fourth-order valence-electron chi connectivity index (χ4n) is 1.96. The quantitative estimate of drug-likeness (QED) is 0.867. The number of benzene rings is 2. The number of hydrogen-bond acceptors (Lipinski definition) is 3. The summed E-state index contributed by atoms with van der Waals surface area (Å²) in [5.74, 6) is 1.31. The summed E-state index contributed by atoms with van der Waals surface area (Å²) in [4.78, 5) is 0. The fraction of sp³-hybridized carbons (Fsp3) is 0.250. The average molecular weight is 327 g/mol. The van der Waals surface area contributed by atoms with E-state index in [0.29, 0.717) is 28.0 Å². The molecule has 0 atom stereocenters. The van der Waals surface area contributed by atoms with Crippen LogP contribution >= 0.6 is 23.2 Å². The molecule has 0 bridgehead atoms. The van der Waals surface area contributed by atoms with Crippen LogP contribution in [0.5, 0.6) is 11.5 Å². The van der Waals surface area contributed by atoms with Gasteiger partial charge in [0.05, 0.1) is 25.3 Å². The summed E-state index contributed by atoms with van der Waals surface area (Å²) in [6.07, 6.45) is 0.730. The first-order valence-corrected chi connectivity index (χ1v) is 7.24. The van der Waals surface area contributed by atoms with Crippen molar-refractivity contribution < 1.29 is 14.6 Å². The number of halogens is 2. The maximum atomic E-state index is 9.33. The van der Waals surface area contributed by atoms with E-state index < -0.39 is 0 Å². The fourth-order valence-corrected chi connectivity index (χ4v) is 2.55. The number of methoxy groups -OCH3 is 1. The number of aliphatic hydroxyl groups is 1. The van der Waals surface area contributed by atoms with Gasteiger partial charge in [-0.1, -0.05) is 35.3 Å². The topological polar surface area (TPSA) is 38.7 Å². The Balaban J connectivity index is 1.99. The van der Waals surface area contributed by atoms with Crippen molar-refractivity contribution in [3.8, 4) is 11.5 Å². The molecule has 0 aliphatic heterocycles. The third kappa shape index (κ3) is 4.27. The van der Waals surface area contributed by atoms with Crippen molar-refractivity contribution in [3.05, 3.63) is 57.6 Å². The van der Waals surface area contributed by atoms with Crippen LogP contribution in [0.25, 0.3) is 0 Å². The highest BCUT2D eigenvalue weighted by Crippen LogP contribution is 2.32. The molecule has 21 heavy (non-hydrogen) atoms. The first-order chi connectivity index (χ1) is 10.1. The minimum atomic E-state index is -0.169. The van der Waals surface area contributed by atoms with Crippen molar-refractivity contribution in [2.75, 3.05) is 13.7 Å². The molecule has 0 amide bonds. The highest BCUT2D eigenvalue weighted by molar-refractivity contribution is 6.35. The molecule has 2 aromatic rings. The Bertz CT molecular complexity index is 597. The summed E-state index contributed by atoms with van der Waals surface area (Å²) in [6.45, 7) is 0.291. The second-order valence-electron chi connectivity index (χ2n) is 4.48. The van der Waals surface area contributed by atoms with Gasteiger partial charge in [-0.3, -0.25) is 0 Å². The third-order valence-corrected chi connectivity index (χ3v) is 3.55. The van der Waals surface area contributed by atoms with E-state index in [1.807, 2.05) is 24.3 Å². The predicted octanol–water partition coefficient (Wildman–Crippen LogP) is 4.12. The van der Waals surface area contributed by atoms with E-state index in [4.69, 9.17) is 32.7 Å². The Kier molecular flexibility index (Phi) is 5.74. The highest BCUT2D eigenvalue weighted by atomic mass is 35.5. The first-order valence-electron chi connectivity index (χ1n) is 6.48. The Morgan fingerprint density at radius 2 is 1.81 bits per heavy atom. The highest BCUT2D eigenvalue weighted by Gasteiger charge is 2.10. The molecule has 0 fully saturated rings. The molecule has 0 heterocycles. The molecule has 0 aliphatic carbocycles. The Morgan fingerprint density at radius 1 is 1.10 bits per heavy atom. The van der Waals surface area contributed by atoms with Gasteiger partial charge in [-0.15, -0.1) is 0 Å². The molecule has 0 spiro atoms. The van der Waals surface area contributed by atoms with E-state index in [1.54, 1.807) is 19.2 Å². The van der Waals surface area contributed by atoms with Crippen LogP contribution in [0.15, 0.2) is 36.4 Å². The third-order valence-electron chi connectivity index (χ3n) is 3.05. The van der Waals surface area contributed by atoms with E-state index in [9.17, 15) is 5.11 Å². The molecule has 3 nitrogen and oxygen atoms in total. The van der Waals surface area contributed by atoms with Crippen molar-refractivity contribution in [2.24, 2.45) is 0 Å². The molecule has 0 saturated heterocycles. The van der Waals surface area contributed by atoms with Crippen molar-refractivity contribution in [1.82, 2.24) is 0 Å². The van der Waals surface area contributed by atoms with Gasteiger partial charge >= 0.3 is 0 Å². The molecule has 112 valence electrons. The van der Waals surface area contributed by atoms with Crippen LogP contribution in [0.2, 0.25) is 10.0 Å². The van der Waals surface area contributed by atoms with Crippen molar-refractivity contribution in [2.45, 2.75) is 13.0 Å². The van der Waals surface area contributed by atoms with Gasteiger partial charge in [-0.25, -0.2) is 0 Å². The summed E-state index contributed by atoms with van der Waals surface area (Å²) >= 11 is 12.0. The van der Waals surface area contributed by atoms with E-state index in [1.165, 1.54) is 0 Å². The molecule has 2 rings (SSSR count). The van der Waals surface area contributed by atoms with Crippen LogP contribution in [0.1, 0.15) is 11.1 Å². The van der Waals surface area contributed by atoms with Gasteiger partial charge in [0.2, 0.25) is 0 Å². The maximum Gasteiger partial charge on any atom is 0.143 e. The summed E-state index contributed by atoms with van der Waals surface area (Å²) < 4.78 is 10.8. The molecular formula is C16H16Cl2O3. The standard InChI is InChI=1S/C16H16Cl2O3/c1-20-14-4-2-11(3-5-14)6-7-21-16-12(10-19)8-13(17)9-15(16)18/h2-5,8-9,19H,6-7,10H2,1H3. The SMILES string of the molecule is COc1ccc(CCOc2c(Cl)cc(Cl)cc2CO)cc1. The molecule has 0 unspecified atom stereocenters. The monoisotopic (exact) mass is 326 g/mol. The summed E-state index contributed by atoms with van der Waals surface area (Å²) in [5.41, 5.74) is 1.72. The van der Waals surface area contributed by atoms with Crippen LogP contribution in [-0.4, -0.2) is 18.8 Å². The number of ether oxygens (including phenoxy) is 2. The number of aliphatic hydroxyl groups excluding tert-OH is 1. The zero-order chi connectivity index (χ0) is 15.2. The second kappa shape index (κ2) is 7.55. The molecule has 0 aromatic heterocycles. The van der Waals surface area contributed by atoms with Gasteiger partial charge in [0.25, 0.3) is 0 Å². The molecule has 2 aromatic carbocycles. The lowest BCUT2D eigenvalue weighted by atomic mass is 10.1. The Morgan fingerprint density at radius 3 is 2.43 bits per heavy atom. The van der Waals surface area contributed by atoms with Crippen LogP contribution in [0.3, 0.4) is 0 Å². The molecule has 0 aliphatic rings. The van der Waals surface area contributed by atoms with Crippen molar-refractivity contribution in [1.29, 1.82) is 0 Å². The Hall–Kier alpha value is -1.42. The predicted molar refractivity (Wildman–Crippen MR) is 84.6 cm³/mol. The zero-order valence-electron chi connectivity index (χ0n) is 11.6. The van der Waals surface area contributed by atoms with Gasteiger partial charge in [0.15, 0.2) is 0 Å². The lowest BCUT2D eigenvalue weighted by molar-refractivity contribution is 0.264. The van der Waals surface area contributed by atoms with Crippen molar-refractivity contribution >= 4 is 23.2 Å². The minimum Gasteiger partial charge on any atom is -0.497 e. The van der Waals surface area contributed by atoms with Gasteiger partial charge in [-0.2, -0.15) is 0 Å². The average Bonchev–Trinajstić information content (AvgIpc) is 2.49. The summed E-state index contributed by atoms with van der Waals surface area (Å²) in [7, 11) is 1.64. The molecule has 0 saturated carbocycles. The van der Waals surface area contributed by atoms with Gasteiger partial charge in [0, 0.05) is 17.0 Å². The zero-order valence-corrected chi connectivity index (χ0v) is 13.1. The van der Waals surface area contributed by atoms with Gasteiger partial charge in [0.1, 0.15) is 11.5 Å². The normalized spacial score (nSPS) is 10.5. The van der Waals surface area contributed by atoms with Crippen LogP contribution in [-0.2, 0) is 13.0 Å². The van der Waals surface area contributed by atoms with Gasteiger partial charge in [-0.05, 0) is 29.8 Å². The van der Waals surface area contributed by atoms with E-state index in [2.05, 4.69) is 0 Å². The second-order valence-corrected chi connectivity index (χ2v) is 5.32. The number of rotatable bonds is 6. The van der Waals surface area contributed by atoms with E-state index >= 15 is 0 Å². The molecular weight excluding hydrogens is 311 g/mol. The van der Waals surface area contributed by atoms with E-state index in [-0.39, 0.29) is 6.61 Å². The summed E-state index contributed by atoms with van der Waals surface area (Å²) in [5, 5.41) is 10.2. The van der Waals surface area contributed by atoms with Crippen LogP contribution in [0, 0.1) is 0 Å². The smallest absolute Gasteiger partial charge is 0.143 e.